The van der Waals surface area contributed by atoms with Crippen molar-refractivity contribution in [2.24, 2.45) is 0 Å². The molecule has 0 spiro atoms. The van der Waals surface area contributed by atoms with Gasteiger partial charge in [0, 0.05) is 16.5 Å². The minimum atomic E-state index is -0.687. The van der Waals surface area contributed by atoms with Crippen molar-refractivity contribution in [3.05, 3.63) is 63.4 Å². The van der Waals surface area contributed by atoms with Gasteiger partial charge in [0.25, 0.3) is 0 Å². The first kappa shape index (κ1) is 15.6. The Morgan fingerprint density at radius 3 is 2.83 bits per heavy atom. The van der Waals surface area contributed by atoms with Crippen molar-refractivity contribution >= 4 is 32.9 Å². The molecular weight excluding hydrogens is 370 g/mol. The highest BCUT2D eigenvalue weighted by Gasteiger charge is 2.21. The zero-order chi connectivity index (χ0) is 16.6. The molecule has 3 rings (SSSR count). The number of halogens is 3. The van der Waals surface area contributed by atoms with E-state index in [1.165, 1.54) is 31.6 Å². The van der Waals surface area contributed by atoms with Crippen LogP contribution in [0.5, 0.6) is 0 Å². The van der Waals surface area contributed by atoms with Gasteiger partial charge in [-0.05, 0) is 23.8 Å². The van der Waals surface area contributed by atoms with E-state index in [0.717, 1.165) is 0 Å². The highest BCUT2D eigenvalue weighted by molar-refractivity contribution is 9.10. The molecule has 2 aromatic carbocycles. The number of aromatic nitrogens is 2. The predicted molar refractivity (Wildman–Crippen MR) is 84.3 cm³/mol. The van der Waals surface area contributed by atoms with Gasteiger partial charge in [-0.25, -0.2) is 18.6 Å². The number of esters is 1. The lowest BCUT2D eigenvalue weighted by atomic mass is 9.98. The van der Waals surface area contributed by atoms with Crippen LogP contribution in [0.2, 0.25) is 0 Å². The maximum Gasteiger partial charge on any atom is 0.338 e. The molecule has 23 heavy (non-hydrogen) atoms. The zero-order valence-electron chi connectivity index (χ0n) is 12.0. The Morgan fingerprint density at radius 1 is 1.35 bits per heavy atom. The third-order valence-corrected chi connectivity index (χ3v) is 4.04. The molecule has 0 fully saturated rings. The van der Waals surface area contributed by atoms with Gasteiger partial charge in [0.2, 0.25) is 0 Å². The van der Waals surface area contributed by atoms with Gasteiger partial charge in [-0.15, -0.1) is 0 Å². The van der Waals surface area contributed by atoms with E-state index in [0.29, 0.717) is 9.99 Å². The predicted octanol–water partition coefficient (Wildman–Crippen LogP) is 3.98. The summed E-state index contributed by atoms with van der Waals surface area (Å²) in [5.41, 5.74) is 0.849. The number of nitrogens with one attached hydrogen (secondary N) is 1. The van der Waals surface area contributed by atoms with Crippen LogP contribution in [-0.4, -0.2) is 23.0 Å². The number of methoxy groups -OCH3 is 1. The Balaban J connectivity index is 2.17. The van der Waals surface area contributed by atoms with E-state index in [2.05, 4.69) is 25.9 Å². The van der Waals surface area contributed by atoms with Crippen LogP contribution < -0.4 is 0 Å². The fourth-order valence-electron chi connectivity index (χ4n) is 2.40. The normalized spacial score (nSPS) is 11.0. The van der Waals surface area contributed by atoms with Gasteiger partial charge in [-0.1, -0.05) is 22.0 Å². The summed E-state index contributed by atoms with van der Waals surface area (Å²) < 4.78 is 34.1. The fourth-order valence-corrected chi connectivity index (χ4v) is 2.74. The number of rotatable bonds is 3. The third-order valence-electron chi connectivity index (χ3n) is 3.54. The van der Waals surface area contributed by atoms with Crippen LogP contribution in [-0.2, 0) is 11.2 Å². The van der Waals surface area contributed by atoms with Crippen molar-refractivity contribution in [3.63, 3.8) is 0 Å². The summed E-state index contributed by atoms with van der Waals surface area (Å²) in [6.07, 6.45) is 1.25. The molecule has 7 heteroatoms. The fraction of sp³-hybridized carbons (Fsp3) is 0.125. The molecule has 1 aromatic heterocycles. The van der Waals surface area contributed by atoms with Crippen LogP contribution >= 0.6 is 15.9 Å². The third kappa shape index (κ3) is 2.84. The van der Waals surface area contributed by atoms with E-state index in [9.17, 15) is 13.6 Å². The Hall–Kier alpha value is -2.28. The SMILES string of the molecule is COC(=O)c1cc2[nH]cnc2c(F)c1Cc1ccc(Br)cc1F. The van der Waals surface area contributed by atoms with E-state index in [1.54, 1.807) is 6.07 Å². The maximum absolute atomic E-state index is 14.7. The summed E-state index contributed by atoms with van der Waals surface area (Å²) in [6.45, 7) is 0. The standard InChI is InChI=1S/C16H11BrF2N2O2/c1-23-16(22)11-6-13-15(21-7-20-13)14(19)10(11)4-8-2-3-9(17)5-12(8)18/h2-3,5-7H,4H2,1H3,(H,20,21). The van der Waals surface area contributed by atoms with Crippen molar-refractivity contribution in [1.29, 1.82) is 0 Å². The molecule has 0 aliphatic heterocycles. The molecule has 3 aromatic rings. The molecule has 118 valence electrons. The first-order chi connectivity index (χ1) is 11.0. The van der Waals surface area contributed by atoms with Crippen molar-refractivity contribution in [3.8, 4) is 0 Å². The Morgan fingerprint density at radius 2 is 2.13 bits per heavy atom. The van der Waals surface area contributed by atoms with Crippen LogP contribution in [0, 0.1) is 11.6 Å². The van der Waals surface area contributed by atoms with E-state index in [-0.39, 0.29) is 28.6 Å². The molecule has 1 N–H and O–H groups in total. The van der Waals surface area contributed by atoms with Gasteiger partial charge in [-0.3, -0.25) is 0 Å². The van der Waals surface area contributed by atoms with Crippen molar-refractivity contribution in [2.45, 2.75) is 6.42 Å². The van der Waals surface area contributed by atoms with Crippen LogP contribution in [0.3, 0.4) is 0 Å². The second-order valence-corrected chi connectivity index (χ2v) is 5.84. The highest BCUT2D eigenvalue weighted by Crippen LogP contribution is 2.27. The number of fused-ring (bicyclic) bond motifs is 1. The van der Waals surface area contributed by atoms with Crippen LogP contribution in [0.25, 0.3) is 11.0 Å². The number of benzene rings is 2. The van der Waals surface area contributed by atoms with Crippen molar-refractivity contribution < 1.29 is 18.3 Å². The molecule has 0 saturated carbocycles. The first-order valence-electron chi connectivity index (χ1n) is 6.68. The summed E-state index contributed by atoms with van der Waals surface area (Å²) in [5, 5.41) is 0. The average Bonchev–Trinajstić information content (AvgIpc) is 3.00. The van der Waals surface area contributed by atoms with E-state index < -0.39 is 17.6 Å². The van der Waals surface area contributed by atoms with E-state index in [1.807, 2.05) is 0 Å². The first-order valence-corrected chi connectivity index (χ1v) is 7.47. The summed E-state index contributed by atoms with van der Waals surface area (Å²) in [6, 6.07) is 5.94. The second-order valence-electron chi connectivity index (χ2n) is 4.92. The lowest BCUT2D eigenvalue weighted by molar-refractivity contribution is 0.0599. The summed E-state index contributed by atoms with van der Waals surface area (Å²) in [5.74, 6) is -1.84. The number of hydrogen-bond acceptors (Lipinski definition) is 3. The lowest BCUT2D eigenvalue weighted by Gasteiger charge is -2.11. The maximum atomic E-state index is 14.7. The molecule has 1 heterocycles. The van der Waals surface area contributed by atoms with E-state index >= 15 is 0 Å². The number of hydrogen-bond donors (Lipinski definition) is 1. The molecule has 0 aliphatic carbocycles. The van der Waals surface area contributed by atoms with Gasteiger partial charge in [-0.2, -0.15) is 0 Å². The molecule has 0 saturated heterocycles. The lowest BCUT2D eigenvalue weighted by Crippen LogP contribution is -2.09. The van der Waals surface area contributed by atoms with Crippen LogP contribution in [0.4, 0.5) is 8.78 Å². The van der Waals surface area contributed by atoms with Gasteiger partial charge >= 0.3 is 5.97 Å². The largest absolute Gasteiger partial charge is 0.465 e. The van der Waals surface area contributed by atoms with Gasteiger partial charge < -0.3 is 9.72 Å². The van der Waals surface area contributed by atoms with Crippen LogP contribution in [0.1, 0.15) is 21.5 Å². The van der Waals surface area contributed by atoms with Crippen molar-refractivity contribution in [2.75, 3.05) is 7.11 Å². The van der Waals surface area contributed by atoms with Gasteiger partial charge in [0.05, 0.1) is 24.5 Å². The van der Waals surface area contributed by atoms with Crippen LogP contribution in [0.15, 0.2) is 35.1 Å². The Labute approximate surface area is 138 Å². The number of H-pyrrole nitrogens is 1. The quantitative estimate of drug-likeness (QED) is 0.699. The highest BCUT2D eigenvalue weighted by atomic mass is 79.9. The second kappa shape index (κ2) is 6.08. The number of nitrogens with zero attached hydrogens (tertiary/aromatic N) is 1. The Kier molecular flexibility index (Phi) is 4.12. The molecule has 0 atom stereocenters. The summed E-state index contributed by atoms with van der Waals surface area (Å²) in [4.78, 5) is 18.6. The molecule has 0 amide bonds. The zero-order valence-corrected chi connectivity index (χ0v) is 13.6. The van der Waals surface area contributed by atoms with E-state index in [4.69, 9.17) is 4.74 Å². The van der Waals surface area contributed by atoms with Crippen molar-refractivity contribution in [1.82, 2.24) is 9.97 Å². The number of carbonyl (C=O) groups excluding carboxylic acids is 1. The van der Waals surface area contributed by atoms with Gasteiger partial charge in [0.1, 0.15) is 11.3 Å². The molecular formula is C16H11BrF2N2O2. The number of aromatic amines is 1. The Bertz CT molecular complexity index is 908. The number of imidazole rings is 1. The number of ether oxygens (including phenoxy) is 1. The molecule has 0 aliphatic rings. The monoisotopic (exact) mass is 380 g/mol. The minimum absolute atomic E-state index is 0.0454. The summed E-state index contributed by atoms with van der Waals surface area (Å²) in [7, 11) is 1.21. The summed E-state index contributed by atoms with van der Waals surface area (Å²) >= 11 is 3.17. The topological polar surface area (TPSA) is 55.0 Å². The average molecular weight is 381 g/mol. The number of carbonyl (C=O) groups is 1. The smallest absolute Gasteiger partial charge is 0.338 e. The van der Waals surface area contributed by atoms with Gasteiger partial charge in [0.15, 0.2) is 5.82 Å². The minimum Gasteiger partial charge on any atom is -0.465 e. The molecule has 0 unspecified atom stereocenters. The molecule has 0 bridgehead atoms. The molecule has 4 nitrogen and oxygen atoms in total. The molecule has 0 radical (unpaired) electrons.